The zero-order chi connectivity index (χ0) is 22.3. The molecular weight excluding hydrogens is 398 g/mol. The van der Waals surface area contributed by atoms with Gasteiger partial charge in [0.1, 0.15) is 17.0 Å². The maximum atomic E-state index is 12.8. The van der Waals surface area contributed by atoms with Gasteiger partial charge in [0.2, 0.25) is 0 Å². The number of nitrogens with one attached hydrogen (secondary N) is 1. The van der Waals surface area contributed by atoms with Crippen LogP contribution in [0.3, 0.4) is 0 Å². The molecule has 4 aromatic rings. The molecule has 31 heavy (non-hydrogen) atoms. The summed E-state index contributed by atoms with van der Waals surface area (Å²) in [7, 11) is 3.05. The minimum atomic E-state index is -0.788. The number of ether oxygens (including phenoxy) is 2. The van der Waals surface area contributed by atoms with Crippen LogP contribution in [0.5, 0.6) is 11.5 Å². The van der Waals surface area contributed by atoms with E-state index in [4.69, 9.17) is 15.2 Å². The summed E-state index contributed by atoms with van der Waals surface area (Å²) in [5.74, 6) is 0.421. The number of carbonyl (C=O) groups is 1. The second kappa shape index (κ2) is 7.60. The number of nitrogens with zero attached hydrogens (tertiary/aromatic N) is 3. The first kappa shape index (κ1) is 20.1. The van der Waals surface area contributed by atoms with Crippen LogP contribution < -0.4 is 20.9 Å². The first-order valence-corrected chi connectivity index (χ1v) is 9.46. The lowest BCUT2D eigenvalue weighted by molar-refractivity contribution is 0.0997. The highest BCUT2D eigenvalue weighted by Gasteiger charge is 2.22. The number of H-pyrrole nitrogens is 1. The summed E-state index contributed by atoms with van der Waals surface area (Å²) in [6.07, 6.45) is 0. The quantitative estimate of drug-likeness (QED) is 0.512. The highest BCUT2D eigenvalue weighted by atomic mass is 16.5. The van der Waals surface area contributed by atoms with E-state index in [0.717, 1.165) is 11.1 Å². The fraction of sp³-hybridized carbons (Fsp3) is 0.182. The smallest absolute Gasteiger partial charge is 0.332 e. The summed E-state index contributed by atoms with van der Waals surface area (Å²) < 4.78 is 12.1. The SMILES string of the molecule is COc1ccc(OC)c(-c2nc(C(N)=O)c3[nH]c(=O)n(-c4ccc(C)c(C)c4)c3n2)c1. The van der Waals surface area contributed by atoms with E-state index in [1.54, 1.807) is 18.2 Å². The van der Waals surface area contributed by atoms with E-state index < -0.39 is 11.6 Å². The van der Waals surface area contributed by atoms with Crippen LogP contribution in [0, 0.1) is 13.8 Å². The number of methoxy groups -OCH3 is 2. The van der Waals surface area contributed by atoms with Crippen LogP contribution in [0.1, 0.15) is 21.6 Å². The number of imidazole rings is 1. The second-order valence-electron chi connectivity index (χ2n) is 7.06. The monoisotopic (exact) mass is 419 g/mol. The molecule has 0 saturated heterocycles. The van der Waals surface area contributed by atoms with E-state index in [-0.39, 0.29) is 22.7 Å². The van der Waals surface area contributed by atoms with E-state index in [1.165, 1.54) is 18.8 Å². The van der Waals surface area contributed by atoms with Gasteiger partial charge in [0.05, 0.1) is 25.5 Å². The van der Waals surface area contributed by atoms with E-state index >= 15 is 0 Å². The van der Waals surface area contributed by atoms with Gasteiger partial charge in [-0.2, -0.15) is 0 Å². The summed E-state index contributed by atoms with van der Waals surface area (Å²) in [6.45, 7) is 3.94. The first-order chi connectivity index (χ1) is 14.8. The number of hydrogen-bond donors (Lipinski definition) is 2. The molecule has 2 heterocycles. The van der Waals surface area contributed by atoms with E-state index in [1.807, 2.05) is 32.0 Å². The predicted molar refractivity (Wildman–Crippen MR) is 116 cm³/mol. The summed E-state index contributed by atoms with van der Waals surface area (Å²) in [6, 6.07) is 10.7. The van der Waals surface area contributed by atoms with Gasteiger partial charge in [-0.15, -0.1) is 0 Å². The van der Waals surface area contributed by atoms with Crippen LogP contribution >= 0.6 is 0 Å². The molecule has 0 radical (unpaired) electrons. The lowest BCUT2D eigenvalue weighted by atomic mass is 10.1. The van der Waals surface area contributed by atoms with Crippen molar-refractivity contribution in [1.82, 2.24) is 19.5 Å². The molecule has 0 atom stereocenters. The van der Waals surface area contributed by atoms with Crippen LogP contribution in [-0.4, -0.2) is 39.6 Å². The standard InChI is InChI=1S/C22H21N5O4/c1-11-5-6-13(9-12(11)2)27-21-18(25-22(27)29)17(19(23)28)24-20(26-21)15-10-14(30-3)7-8-16(15)31-4/h5-10H,1-4H3,(H2,23,28)(H,25,29). The third-order valence-corrected chi connectivity index (χ3v) is 5.17. The molecule has 0 spiro atoms. The number of primary amides is 1. The number of amides is 1. The lowest BCUT2D eigenvalue weighted by Gasteiger charge is -2.11. The van der Waals surface area contributed by atoms with Gasteiger partial charge < -0.3 is 20.2 Å². The maximum absolute atomic E-state index is 12.8. The predicted octanol–water partition coefficient (Wildman–Crippen LogP) is 2.51. The molecule has 9 nitrogen and oxygen atoms in total. The van der Waals surface area contributed by atoms with Crippen LogP contribution in [0.4, 0.5) is 0 Å². The van der Waals surface area contributed by atoms with Gasteiger partial charge in [-0.05, 0) is 55.3 Å². The number of nitrogens with two attached hydrogens (primary N) is 1. The number of aromatic nitrogens is 4. The topological polar surface area (TPSA) is 125 Å². The number of aryl methyl sites for hydroxylation is 2. The number of hydrogen-bond acceptors (Lipinski definition) is 6. The normalized spacial score (nSPS) is 11.0. The van der Waals surface area contributed by atoms with Crippen molar-refractivity contribution in [3.05, 3.63) is 63.7 Å². The van der Waals surface area contributed by atoms with Crippen LogP contribution in [0.25, 0.3) is 28.2 Å². The molecular formula is C22H21N5O4. The number of fused-ring (bicyclic) bond motifs is 1. The van der Waals surface area contributed by atoms with Crippen molar-refractivity contribution >= 4 is 17.1 Å². The Kier molecular flexibility index (Phi) is 4.94. The molecule has 9 heteroatoms. The van der Waals surface area contributed by atoms with Gasteiger partial charge in [0, 0.05) is 0 Å². The first-order valence-electron chi connectivity index (χ1n) is 9.46. The largest absolute Gasteiger partial charge is 0.497 e. The number of benzene rings is 2. The zero-order valence-corrected chi connectivity index (χ0v) is 17.5. The third kappa shape index (κ3) is 3.39. The van der Waals surface area contributed by atoms with E-state index in [9.17, 15) is 9.59 Å². The van der Waals surface area contributed by atoms with Gasteiger partial charge in [-0.25, -0.2) is 19.3 Å². The Labute approximate surface area is 177 Å². The van der Waals surface area contributed by atoms with Gasteiger partial charge in [-0.1, -0.05) is 6.07 Å². The summed E-state index contributed by atoms with van der Waals surface area (Å²) >= 11 is 0. The fourth-order valence-corrected chi connectivity index (χ4v) is 3.38. The molecule has 0 fully saturated rings. The Balaban J connectivity index is 2.07. The van der Waals surface area contributed by atoms with Gasteiger partial charge >= 0.3 is 5.69 Å². The Morgan fingerprint density at radius 2 is 1.81 bits per heavy atom. The Hall–Kier alpha value is -4.14. The second-order valence-corrected chi connectivity index (χ2v) is 7.06. The fourth-order valence-electron chi connectivity index (χ4n) is 3.38. The van der Waals surface area contributed by atoms with E-state index in [0.29, 0.717) is 22.7 Å². The molecule has 0 bridgehead atoms. The minimum Gasteiger partial charge on any atom is -0.497 e. The number of aromatic amines is 1. The van der Waals surface area contributed by atoms with Crippen LogP contribution in [-0.2, 0) is 0 Å². The van der Waals surface area contributed by atoms with Crippen molar-refractivity contribution in [2.45, 2.75) is 13.8 Å². The van der Waals surface area contributed by atoms with Gasteiger partial charge in [0.25, 0.3) is 5.91 Å². The molecule has 0 unspecified atom stereocenters. The molecule has 4 rings (SSSR count). The van der Waals surface area contributed by atoms with Crippen LogP contribution in [0.2, 0.25) is 0 Å². The molecule has 0 aliphatic carbocycles. The van der Waals surface area contributed by atoms with Crippen molar-refractivity contribution in [3.63, 3.8) is 0 Å². The van der Waals surface area contributed by atoms with Crippen molar-refractivity contribution in [2.24, 2.45) is 5.73 Å². The molecule has 0 aliphatic rings. The van der Waals surface area contributed by atoms with Crippen molar-refractivity contribution < 1.29 is 14.3 Å². The van der Waals surface area contributed by atoms with Crippen molar-refractivity contribution in [1.29, 1.82) is 0 Å². The highest BCUT2D eigenvalue weighted by molar-refractivity contribution is 6.02. The summed E-state index contributed by atoms with van der Waals surface area (Å²) in [4.78, 5) is 36.6. The lowest BCUT2D eigenvalue weighted by Crippen LogP contribution is -2.15. The van der Waals surface area contributed by atoms with Crippen molar-refractivity contribution in [3.8, 4) is 28.6 Å². The Bertz CT molecular complexity index is 1390. The number of rotatable bonds is 5. The van der Waals surface area contributed by atoms with Gasteiger partial charge in [0.15, 0.2) is 17.2 Å². The summed E-state index contributed by atoms with van der Waals surface area (Å²) in [5, 5.41) is 0. The molecule has 2 aromatic heterocycles. The Morgan fingerprint density at radius 3 is 2.45 bits per heavy atom. The zero-order valence-electron chi connectivity index (χ0n) is 17.5. The van der Waals surface area contributed by atoms with Gasteiger partial charge in [-0.3, -0.25) is 4.79 Å². The maximum Gasteiger partial charge on any atom is 0.332 e. The molecule has 0 aliphatic heterocycles. The van der Waals surface area contributed by atoms with E-state index in [2.05, 4.69) is 15.0 Å². The number of carbonyl (C=O) groups excluding carboxylic acids is 1. The average molecular weight is 419 g/mol. The van der Waals surface area contributed by atoms with Crippen molar-refractivity contribution in [2.75, 3.05) is 14.2 Å². The molecule has 1 amide bonds. The van der Waals surface area contributed by atoms with Crippen LogP contribution in [0.15, 0.2) is 41.2 Å². The Morgan fingerprint density at radius 1 is 1.03 bits per heavy atom. The molecule has 2 aromatic carbocycles. The average Bonchev–Trinajstić information content (AvgIpc) is 3.09. The molecule has 0 saturated carbocycles. The minimum absolute atomic E-state index is 0.0930. The summed E-state index contributed by atoms with van der Waals surface area (Å²) in [5.41, 5.74) is 8.63. The third-order valence-electron chi connectivity index (χ3n) is 5.17. The molecule has 3 N–H and O–H groups in total. The molecule has 158 valence electrons. The highest BCUT2D eigenvalue weighted by Crippen LogP contribution is 2.32.